The van der Waals surface area contributed by atoms with E-state index in [0.717, 1.165) is 0 Å². The average molecular weight is 523 g/mol. The van der Waals surface area contributed by atoms with Crippen LogP contribution in [0.1, 0.15) is 38.8 Å². The first kappa shape index (κ1) is 29.6. The summed E-state index contributed by atoms with van der Waals surface area (Å²) in [6.45, 7) is 12.6. The van der Waals surface area contributed by atoms with Crippen LogP contribution in [0.15, 0.2) is 24.3 Å². The number of hydrogen-bond acceptors (Lipinski definition) is 8. The van der Waals surface area contributed by atoms with E-state index in [-0.39, 0.29) is 5.04 Å². The minimum Gasteiger partial charge on any atom is -0.496 e. The second-order valence-electron chi connectivity index (χ2n) is 10.1. The van der Waals surface area contributed by atoms with Crippen LogP contribution in [0.25, 0.3) is 0 Å². The van der Waals surface area contributed by atoms with Crippen LogP contribution in [0.3, 0.4) is 0 Å². The SMILES string of the molecule is COc1cc(OC)c(C(O)(c2cc(OC)c(OC)cc2OC)[C@@H](C)O[Si](C)(C)C(C)(C)C)cc1OC. The van der Waals surface area contributed by atoms with E-state index < -0.39 is 20.0 Å². The third kappa shape index (κ3) is 5.38. The molecule has 0 saturated carbocycles. The molecule has 1 N–H and O–H groups in total. The molecule has 2 aromatic rings. The maximum absolute atomic E-state index is 12.8. The van der Waals surface area contributed by atoms with Gasteiger partial charge in [0.25, 0.3) is 0 Å². The van der Waals surface area contributed by atoms with Gasteiger partial charge in [0.15, 0.2) is 31.3 Å². The summed E-state index contributed by atoms with van der Waals surface area (Å²) in [7, 11) is 6.92. The highest BCUT2D eigenvalue weighted by Gasteiger charge is 2.48. The van der Waals surface area contributed by atoms with Crippen LogP contribution in [0, 0.1) is 0 Å². The molecule has 0 aromatic heterocycles. The topological polar surface area (TPSA) is 84.8 Å². The van der Waals surface area contributed by atoms with Gasteiger partial charge in [0, 0.05) is 23.3 Å². The number of hydrogen-bond donors (Lipinski definition) is 1. The summed E-state index contributed by atoms with van der Waals surface area (Å²) >= 11 is 0. The highest BCUT2D eigenvalue weighted by atomic mass is 28.4. The molecule has 0 fully saturated rings. The van der Waals surface area contributed by atoms with Gasteiger partial charge in [-0.15, -0.1) is 0 Å². The van der Waals surface area contributed by atoms with Crippen molar-refractivity contribution in [1.82, 2.24) is 0 Å². The van der Waals surface area contributed by atoms with Crippen molar-refractivity contribution in [2.45, 2.75) is 57.5 Å². The van der Waals surface area contributed by atoms with E-state index >= 15 is 0 Å². The molecule has 8 nitrogen and oxygen atoms in total. The van der Waals surface area contributed by atoms with Crippen LogP contribution in [-0.4, -0.2) is 62.2 Å². The van der Waals surface area contributed by atoms with Gasteiger partial charge in [-0.1, -0.05) is 20.8 Å². The maximum atomic E-state index is 12.8. The van der Waals surface area contributed by atoms with Crippen molar-refractivity contribution in [2.24, 2.45) is 0 Å². The first-order valence-electron chi connectivity index (χ1n) is 11.8. The molecule has 0 saturated heterocycles. The van der Waals surface area contributed by atoms with Gasteiger partial charge in [-0.05, 0) is 37.2 Å². The molecule has 2 rings (SSSR count). The summed E-state index contributed by atoms with van der Waals surface area (Å²) < 4.78 is 40.4. The Morgan fingerprint density at radius 1 is 0.611 bits per heavy atom. The molecule has 2 aromatic carbocycles. The quantitative estimate of drug-likeness (QED) is 0.394. The minimum absolute atomic E-state index is 0.0917. The number of benzene rings is 2. The predicted molar refractivity (Wildman–Crippen MR) is 143 cm³/mol. The van der Waals surface area contributed by atoms with Crippen molar-refractivity contribution in [1.29, 1.82) is 0 Å². The summed E-state index contributed by atoms with van der Waals surface area (Å²) in [5.74, 6) is 2.61. The van der Waals surface area contributed by atoms with Gasteiger partial charge in [0.05, 0.1) is 48.8 Å². The van der Waals surface area contributed by atoms with Crippen molar-refractivity contribution in [3.05, 3.63) is 35.4 Å². The number of methoxy groups -OCH3 is 6. The lowest BCUT2D eigenvalue weighted by atomic mass is 9.80. The Labute approximate surface area is 216 Å². The zero-order chi connectivity index (χ0) is 27.5. The summed E-state index contributed by atoms with van der Waals surface area (Å²) in [5.41, 5.74) is -0.885. The fraction of sp³-hybridized carbons (Fsp3) is 0.556. The summed E-state index contributed by atoms with van der Waals surface area (Å²) in [6, 6.07) is 6.79. The van der Waals surface area contributed by atoms with Crippen LogP contribution in [-0.2, 0) is 10.0 Å². The second-order valence-corrected chi connectivity index (χ2v) is 14.9. The highest BCUT2D eigenvalue weighted by molar-refractivity contribution is 6.74. The lowest BCUT2D eigenvalue weighted by Crippen LogP contribution is -2.50. The number of aliphatic hydroxyl groups is 1. The zero-order valence-corrected chi connectivity index (χ0v) is 24.7. The van der Waals surface area contributed by atoms with Gasteiger partial charge in [0.2, 0.25) is 0 Å². The van der Waals surface area contributed by atoms with Crippen LogP contribution >= 0.6 is 0 Å². The third-order valence-electron chi connectivity index (χ3n) is 7.10. The molecule has 0 aliphatic rings. The molecule has 0 aliphatic heterocycles. The van der Waals surface area contributed by atoms with E-state index in [1.807, 2.05) is 6.92 Å². The summed E-state index contributed by atoms with van der Waals surface area (Å²) in [5, 5.41) is 12.7. The Kier molecular flexibility index (Phi) is 9.20. The van der Waals surface area contributed by atoms with E-state index in [1.165, 1.54) is 14.2 Å². The van der Waals surface area contributed by atoms with Crippen LogP contribution in [0.4, 0.5) is 0 Å². The second kappa shape index (κ2) is 11.2. The highest BCUT2D eigenvalue weighted by Crippen LogP contribution is 2.50. The molecule has 9 heteroatoms. The van der Waals surface area contributed by atoms with E-state index in [1.54, 1.807) is 52.7 Å². The molecule has 1 atom stereocenters. The minimum atomic E-state index is -2.33. The predicted octanol–water partition coefficient (Wildman–Crippen LogP) is 5.38. The Bertz CT molecular complexity index is 982. The van der Waals surface area contributed by atoms with Crippen molar-refractivity contribution in [3.8, 4) is 34.5 Å². The molecule has 202 valence electrons. The standard InChI is InChI=1S/C27H42O8Si/c1-17(35-36(11,12)26(2,3)4)27(28,18-13-22(31-7)24(33-9)15-20(18)29-5)19-14-23(32-8)25(34-10)16-21(19)30-6/h13-17,28H,1-12H3/t17-/m1/s1. The van der Waals surface area contributed by atoms with E-state index in [0.29, 0.717) is 45.6 Å². The Hall–Kier alpha value is -2.62. The Morgan fingerprint density at radius 2 is 0.917 bits per heavy atom. The zero-order valence-electron chi connectivity index (χ0n) is 23.7. The molecule has 0 radical (unpaired) electrons. The van der Waals surface area contributed by atoms with Gasteiger partial charge in [0.1, 0.15) is 17.1 Å². The summed E-state index contributed by atoms with van der Waals surface area (Å²) in [6.07, 6.45) is -0.725. The smallest absolute Gasteiger partial charge is 0.192 e. The summed E-state index contributed by atoms with van der Waals surface area (Å²) in [4.78, 5) is 0. The Balaban J connectivity index is 2.98. The van der Waals surface area contributed by atoms with Crippen molar-refractivity contribution < 1.29 is 38.0 Å². The molecule has 0 heterocycles. The fourth-order valence-corrected chi connectivity index (χ4v) is 5.35. The third-order valence-corrected chi connectivity index (χ3v) is 11.7. The van der Waals surface area contributed by atoms with E-state index in [2.05, 4.69) is 33.9 Å². The first-order chi connectivity index (χ1) is 16.7. The van der Waals surface area contributed by atoms with E-state index in [9.17, 15) is 5.11 Å². The van der Waals surface area contributed by atoms with Gasteiger partial charge in [-0.25, -0.2) is 0 Å². The fourth-order valence-electron chi connectivity index (χ4n) is 3.94. The van der Waals surface area contributed by atoms with Crippen LogP contribution in [0.2, 0.25) is 18.1 Å². The molecule has 0 unspecified atom stereocenters. The lowest BCUT2D eigenvalue weighted by Gasteiger charge is -2.44. The van der Waals surface area contributed by atoms with Crippen LogP contribution < -0.4 is 28.4 Å². The maximum Gasteiger partial charge on any atom is 0.192 e. The van der Waals surface area contributed by atoms with E-state index in [4.69, 9.17) is 32.8 Å². The van der Waals surface area contributed by atoms with Gasteiger partial charge >= 0.3 is 0 Å². The lowest BCUT2D eigenvalue weighted by molar-refractivity contribution is -0.0353. The monoisotopic (exact) mass is 522 g/mol. The molecular weight excluding hydrogens is 480 g/mol. The molecule has 0 amide bonds. The normalized spacial score (nSPS) is 13.1. The van der Waals surface area contributed by atoms with Crippen molar-refractivity contribution >= 4 is 8.32 Å². The largest absolute Gasteiger partial charge is 0.496 e. The molecule has 36 heavy (non-hydrogen) atoms. The average Bonchev–Trinajstić information content (AvgIpc) is 2.85. The number of rotatable bonds is 11. The molecule has 0 aliphatic carbocycles. The van der Waals surface area contributed by atoms with Gasteiger partial charge < -0.3 is 38.0 Å². The van der Waals surface area contributed by atoms with Crippen LogP contribution in [0.5, 0.6) is 34.5 Å². The molecule has 0 spiro atoms. The first-order valence-corrected chi connectivity index (χ1v) is 14.7. The van der Waals surface area contributed by atoms with Crippen molar-refractivity contribution in [2.75, 3.05) is 42.7 Å². The number of ether oxygens (including phenoxy) is 6. The molecular formula is C27H42O8Si. The van der Waals surface area contributed by atoms with Gasteiger partial charge in [-0.2, -0.15) is 0 Å². The van der Waals surface area contributed by atoms with Crippen molar-refractivity contribution in [3.63, 3.8) is 0 Å². The molecule has 0 bridgehead atoms. The Morgan fingerprint density at radius 3 is 1.19 bits per heavy atom. The van der Waals surface area contributed by atoms with Gasteiger partial charge in [-0.3, -0.25) is 0 Å².